The Morgan fingerprint density at radius 2 is 2.12 bits per heavy atom. The van der Waals surface area contributed by atoms with Gasteiger partial charge in [-0.2, -0.15) is 0 Å². The Morgan fingerprint density at radius 3 is 2.81 bits per heavy atom. The molecule has 0 aliphatic heterocycles. The molecule has 1 aromatic rings. The van der Waals surface area contributed by atoms with E-state index in [0.717, 1.165) is 28.2 Å². The highest BCUT2D eigenvalue weighted by Crippen LogP contribution is 2.29. The zero-order valence-electron chi connectivity index (χ0n) is 9.78. The molecule has 1 aliphatic carbocycles. The topological polar surface area (TPSA) is 51.8 Å². The highest BCUT2D eigenvalue weighted by molar-refractivity contribution is 7.99. The van der Waals surface area contributed by atoms with Crippen LogP contribution in [0.5, 0.6) is 0 Å². The molecule has 0 radical (unpaired) electrons. The SMILES string of the molecule is Cc1cc(CN)nc(SCC2CCCC2)n1. The van der Waals surface area contributed by atoms with Crippen molar-refractivity contribution in [1.82, 2.24) is 9.97 Å². The molecule has 1 aliphatic rings. The summed E-state index contributed by atoms with van der Waals surface area (Å²) in [7, 11) is 0. The van der Waals surface area contributed by atoms with Gasteiger partial charge in [0, 0.05) is 18.0 Å². The van der Waals surface area contributed by atoms with Crippen LogP contribution < -0.4 is 5.73 Å². The van der Waals surface area contributed by atoms with E-state index in [1.807, 2.05) is 13.0 Å². The van der Waals surface area contributed by atoms with E-state index in [-0.39, 0.29) is 0 Å². The quantitative estimate of drug-likeness (QED) is 0.646. The van der Waals surface area contributed by atoms with Gasteiger partial charge in [-0.25, -0.2) is 9.97 Å². The van der Waals surface area contributed by atoms with Gasteiger partial charge in [0.15, 0.2) is 5.16 Å². The Bertz CT molecular complexity index is 348. The van der Waals surface area contributed by atoms with Gasteiger partial charge in [0.25, 0.3) is 0 Å². The molecule has 1 fully saturated rings. The van der Waals surface area contributed by atoms with Gasteiger partial charge in [0.2, 0.25) is 0 Å². The molecule has 88 valence electrons. The summed E-state index contributed by atoms with van der Waals surface area (Å²) in [6.45, 7) is 2.50. The van der Waals surface area contributed by atoms with Crippen molar-refractivity contribution < 1.29 is 0 Å². The van der Waals surface area contributed by atoms with Crippen molar-refractivity contribution in [2.45, 2.75) is 44.3 Å². The fourth-order valence-corrected chi connectivity index (χ4v) is 3.25. The van der Waals surface area contributed by atoms with E-state index in [4.69, 9.17) is 5.73 Å². The van der Waals surface area contributed by atoms with Gasteiger partial charge in [0.1, 0.15) is 0 Å². The van der Waals surface area contributed by atoms with Crippen molar-refractivity contribution in [3.05, 3.63) is 17.5 Å². The van der Waals surface area contributed by atoms with Gasteiger partial charge in [0.05, 0.1) is 5.69 Å². The first-order valence-electron chi connectivity index (χ1n) is 5.95. The van der Waals surface area contributed by atoms with Gasteiger partial charge >= 0.3 is 0 Å². The molecule has 0 atom stereocenters. The van der Waals surface area contributed by atoms with E-state index in [0.29, 0.717) is 6.54 Å². The second-order valence-corrected chi connectivity index (χ2v) is 5.44. The summed E-state index contributed by atoms with van der Waals surface area (Å²) in [5.74, 6) is 2.03. The van der Waals surface area contributed by atoms with Crippen LogP contribution in [0.3, 0.4) is 0 Å². The summed E-state index contributed by atoms with van der Waals surface area (Å²) in [4.78, 5) is 8.88. The fourth-order valence-electron chi connectivity index (χ4n) is 2.14. The Balaban J connectivity index is 1.94. The van der Waals surface area contributed by atoms with Crippen molar-refractivity contribution in [3.8, 4) is 0 Å². The number of aromatic nitrogens is 2. The normalized spacial score (nSPS) is 16.9. The molecule has 0 spiro atoms. The molecule has 0 amide bonds. The van der Waals surface area contributed by atoms with Crippen molar-refractivity contribution in [2.75, 3.05) is 5.75 Å². The largest absolute Gasteiger partial charge is 0.325 e. The predicted octanol–water partition coefficient (Wildman–Crippen LogP) is 2.53. The van der Waals surface area contributed by atoms with Crippen LogP contribution in [0.4, 0.5) is 0 Å². The number of nitrogens with zero attached hydrogens (tertiary/aromatic N) is 2. The highest BCUT2D eigenvalue weighted by atomic mass is 32.2. The Morgan fingerprint density at radius 1 is 1.38 bits per heavy atom. The first kappa shape index (κ1) is 11.9. The van der Waals surface area contributed by atoms with E-state index < -0.39 is 0 Å². The molecule has 2 N–H and O–H groups in total. The minimum absolute atomic E-state index is 0.500. The maximum absolute atomic E-state index is 5.61. The Labute approximate surface area is 101 Å². The van der Waals surface area contributed by atoms with Crippen LogP contribution in [-0.2, 0) is 6.54 Å². The second-order valence-electron chi connectivity index (χ2n) is 4.45. The molecule has 1 saturated carbocycles. The van der Waals surface area contributed by atoms with Gasteiger partial charge in [-0.3, -0.25) is 0 Å². The average molecular weight is 237 g/mol. The molecule has 4 heteroatoms. The first-order chi connectivity index (χ1) is 7.78. The van der Waals surface area contributed by atoms with E-state index >= 15 is 0 Å². The highest BCUT2D eigenvalue weighted by Gasteiger charge is 2.15. The van der Waals surface area contributed by atoms with Crippen LogP contribution in [0.2, 0.25) is 0 Å². The lowest BCUT2D eigenvalue weighted by molar-refractivity contribution is 0.622. The van der Waals surface area contributed by atoms with Crippen LogP contribution >= 0.6 is 11.8 Å². The van der Waals surface area contributed by atoms with Gasteiger partial charge in [-0.05, 0) is 31.7 Å². The molecule has 3 nitrogen and oxygen atoms in total. The van der Waals surface area contributed by atoms with Gasteiger partial charge < -0.3 is 5.73 Å². The lowest BCUT2D eigenvalue weighted by Crippen LogP contribution is -2.04. The summed E-state index contributed by atoms with van der Waals surface area (Å²) < 4.78 is 0. The van der Waals surface area contributed by atoms with Gasteiger partial charge in [-0.15, -0.1) is 0 Å². The lowest BCUT2D eigenvalue weighted by atomic mass is 10.1. The molecule has 0 bridgehead atoms. The molecular weight excluding hydrogens is 218 g/mol. The number of thioether (sulfide) groups is 1. The second kappa shape index (κ2) is 5.64. The molecule has 0 aromatic carbocycles. The van der Waals surface area contributed by atoms with Crippen molar-refractivity contribution in [1.29, 1.82) is 0 Å². The molecule has 1 aromatic heterocycles. The van der Waals surface area contributed by atoms with Crippen molar-refractivity contribution in [3.63, 3.8) is 0 Å². The van der Waals surface area contributed by atoms with Crippen LogP contribution in [0.25, 0.3) is 0 Å². The maximum atomic E-state index is 5.61. The average Bonchev–Trinajstić information content (AvgIpc) is 2.78. The van der Waals surface area contributed by atoms with Crippen molar-refractivity contribution >= 4 is 11.8 Å². The molecule has 0 saturated heterocycles. The minimum Gasteiger partial charge on any atom is -0.325 e. The number of nitrogens with two attached hydrogens (primary N) is 1. The van der Waals surface area contributed by atoms with E-state index in [9.17, 15) is 0 Å². The zero-order chi connectivity index (χ0) is 11.4. The third-order valence-electron chi connectivity index (χ3n) is 3.02. The molecule has 16 heavy (non-hydrogen) atoms. The van der Waals surface area contributed by atoms with E-state index in [1.165, 1.54) is 25.7 Å². The summed E-state index contributed by atoms with van der Waals surface area (Å²) in [6.07, 6.45) is 5.55. The van der Waals surface area contributed by atoms with Crippen LogP contribution in [0, 0.1) is 12.8 Å². The first-order valence-corrected chi connectivity index (χ1v) is 6.94. The van der Waals surface area contributed by atoms with E-state index in [2.05, 4.69) is 9.97 Å². The molecular formula is C12H19N3S. The van der Waals surface area contributed by atoms with Crippen molar-refractivity contribution in [2.24, 2.45) is 11.7 Å². The minimum atomic E-state index is 0.500. The standard InChI is InChI=1S/C12H19N3S/c1-9-6-11(7-13)15-12(14-9)16-8-10-4-2-3-5-10/h6,10H,2-5,7-8,13H2,1H3. The lowest BCUT2D eigenvalue weighted by Gasteiger charge is -2.08. The monoisotopic (exact) mass is 237 g/mol. The third kappa shape index (κ3) is 3.19. The van der Waals surface area contributed by atoms with Gasteiger partial charge in [-0.1, -0.05) is 24.6 Å². The molecule has 2 rings (SSSR count). The summed E-state index contributed by atoms with van der Waals surface area (Å²) >= 11 is 1.78. The predicted molar refractivity (Wildman–Crippen MR) is 67.3 cm³/mol. The third-order valence-corrected chi connectivity index (χ3v) is 4.10. The number of aryl methyl sites for hydroxylation is 1. The molecule has 1 heterocycles. The fraction of sp³-hybridized carbons (Fsp3) is 0.667. The maximum Gasteiger partial charge on any atom is 0.188 e. The van der Waals surface area contributed by atoms with Crippen LogP contribution in [0.15, 0.2) is 11.2 Å². The smallest absolute Gasteiger partial charge is 0.188 e. The number of hydrogen-bond acceptors (Lipinski definition) is 4. The summed E-state index contributed by atoms with van der Waals surface area (Å²) in [6, 6.07) is 1.96. The van der Waals surface area contributed by atoms with E-state index in [1.54, 1.807) is 11.8 Å². The summed E-state index contributed by atoms with van der Waals surface area (Å²) in [5, 5.41) is 0.896. The molecule has 0 unspecified atom stereocenters. The van der Waals surface area contributed by atoms with Crippen LogP contribution in [0.1, 0.15) is 37.1 Å². The van der Waals surface area contributed by atoms with Crippen LogP contribution in [-0.4, -0.2) is 15.7 Å². The Hall–Kier alpha value is -0.610. The zero-order valence-corrected chi connectivity index (χ0v) is 10.6. The number of rotatable bonds is 4. The number of hydrogen-bond donors (Lipinski definition) is 1. The Kier molecular flexibility index (Phi) is 4.18. The summed E-state index contributed by atoms with van der Waals surface area (Å²) in [5.41, 5.74) is 7.57.